The first kappa shape index (κ1) is 14.2. The van der Waals surface area contributed by atoms with Gasteiger partial charge in [0, 0.05) is 16.5 Å². The zero-order chi connectivity index (χ0) is 13.1. The molecule has 0 saturated heterocycles. The highest BCUT2D eigenvalue weighted by atomic mass is 35.5. The van der Waals surface area contributed by atoms with Gasteiger partial charge in [-0.05, 0) is 18.2 Å². The quantitative estimate of drug-likeness (QED) is 0.831. The van der Waals surface area contributed by atoms with E-state index in [0.717, 1.165) is 0 Å². The summed E-state index contributed by atoms with van der Waals surface area (Å²) in [6.45, 7) is 1.60. The fraction of sp³-hybridized carbons (Fsp3) is 0.222. The van der Waals surface area contributed by atoms with Gasteiger partial charge in [0.15, 0.2) is 0 Å². The van der Waals surface area contributed by atoms with Crippen molar-refractivity contribution in [2.75, 3.05) is 0 Å². The number of nitrogens with one attached hydrogen (secondary N) is 2. The molecule has 1 amide bonds. The van der Waals surface area contributed by atoms with Crippen LogP contribution in [0.25, 0.3) is 0 Å². The number of amides is 1. The van der Waals surface area contributed by atoms with Crippen LogP contribution in [0.1, 0.15) is 13.3 Å². The van der Waals surface area contributed by atoms with Crippen molar-refractivity contribution in [3.05, 3.63) is 28.2 Å². The van der Waals surface area contributed by atoms with Gasteiger partial charge in [-0.3, -0.25) is 10.2 Å². The van der Waals surface area contributed by atoms with Gasteiger partial charge in [0.05, 0.1) is 4.90 Å². The van der Waals surface area contributed by atoms with Crippen LogP contribution >= 0.6 is 23.2 Å². The normalized spacial score (nSPS) is 11.2. The van der Waals surface area contributed by atoms with Crippen molar-refractivity contribution in [1.29, 1.82) is 0 Å². The molecule has 8 heteroatoms. The van der Waals surface area contributed by atoms with Crippen LogP contribution in [0.3, 0.4) is 0 Å². The number of carbonyl (C=O) groups is 1. The Morgan fingerprint density at radius 1 is 1.24 bits per heavy atom. The van der Waals surface area contributed by atoms with E-state index in [0.29, 0.717) is 0 Å². The predicted molar refractivity (Wildman–Crippen MR) is 65.2 cm³/mol. The van der Waals surface area contributed by atoms with E-state index in [1.807, 2.05) is 10.3 Å². The molecule has 0 unspecified atom stereocenters. The SMILES string of the molecule is CCC(=O)NNS(=O)(=O)c1cc(Cl)cc(Cl)c1. The molecule has 0 aliphatic carbocycles. The number of hydrogen-bond acceptors (Lipinski definition) is 3. The van der Waals surface area contributed by atoms with Gasteiger partial charge in [-0.2, -0.15) is 0 Å². The van der Waals surface area contributed by atoms with Gasteiger partial charge in [0.1, 0.15) is 0 Å². The molecule has 0 bridgehead atoms. The first-order chi connectivity index (χ1) is 7.85. The molecule has 1 rings (SSSR count). The van der Waals surface area contributed by atoms with Crippen molar-refractivity contribution in [2.45, 2.75) is 18.2 Å². The van der Waals surface area contributed by atoms with Gasteiger partial charge in [-0.15, -0.1) is 4.83 Å². The molecule has 0 spiro atoms. The number of sulfonamides is 1. The maximum Gasteiger partial charge on any atom is 0.257 e. The summed E-state index contributed by atoms with van der Waals surface area (Å²) in [7, 11) is -3.86. The molecule has 0 radical (unpaired) electrons. The Morgan fingerprint density at radius 3 is 2.24 bits per heavy atom. The van der Waals surface area contributed by atoms with Gasteiger partial charge in [0.25, 0.3) is 10.0 Å². The minimum absolute atomic E-state index is 0.119. The van der Waals surface area contributed by atoms with Crippen molar-refractivity contribution in [2.24, 2.45) is 0 Å². The standard InChI is InChI=1S/C9H10Cl2N2O3S/c1-2-9(14)12-13-17(15,16)8-4-6(10)3-7(11)5-8/h3-5,13H,2H2,1H3,(H,12,14). The molecule has 2 N–H and O–H groups in total. The molecule has 0 aromatic heterocycles. The highest BCUT2D eigenvalue weighted by Gasteiger charge is 2.15. The van der Waals surface area contributed by atoms with E-state index in [-0.39, 0.29) is 21.4 Å². The second-order valence-corrected chi connectivity index (χ2v) is 5.67. The Morgan fingerprint density at radius 2 is 1.76 bits per heavy atom. The monoisotopic (exact) mass is 296 g/mol. The zero-order valence-corrected chi connectivity index (χ0v) is 11.2. The van der Waals surface area contributed by atoms with Crippen molar-refractivity contribution >= 4 is 39.1 Å². The van der Waals surface area contributed by atoms with Crippen LogP contribution in [0.5, 0.6) is 0 Å². The summed E-state index contributed by atoms with van der Waals surface area (Å²) < 4.78 is 23.4. The molecule has 0 heterocycles. The Balaban J connectivity index is 2.93. The molecule has 94 valence electrons. The lowest BCUT2D eigenvalue weighted by Gasteiger charge is -2.08. The molecule has 0 saturated carbocycles. The summed E-state index contributed by atoms with van der Waals surface area (Å²) in [6, 6.07) is 3.87. The number of rotatable bonds is 4. The summed E-state index contributed by atoms with van der Waals surface area (Å²) in [5.74, 6) is -0.443. The van der Waals surface area contributed by atoms with Crippen LogP contribution in [-0.4, -0.2) is 14.3 Å². The smallest absolute Gasteiger partial charge is 0.257 e. The van der Waals surface area contributed by atoms with E-state index in [1.165, 1.54) is 18.2 Å². The fourth-order valence-electron chi connectivity index (χ4n) is 0.955. The third kappa shape index (κ3) is 4.16. The van der Waals surface area contributed by atoms with Crippen LogP contribution in [0, 0.1) is 0 Å². The second kappa shape index (κ2) is 5.68. The van der Waals surface area contributed by atoms with E-state index >= 15 is 0 Å². The third-order valence-electron chi connectivity index (χ3n) is 1.79. The van der Waals surface area contributed by atoms with Crippen molar-refractivity contribution in [3.63, 3.8) is 0 Å². The molecular formula is C9H10Cl2N2O3S. The number of hydrazine groups is 1. The second-order valence-electron chi connectivity index (χ2n) is 3.11. The van der Waals surface area contributed by atoms with Gasteiger partial charge in [-0.1, -0.05) is 30.1 Å². The molecule has 0 aliphatic rings. The van der Waals surface area contributed by atoms with Gasteiger partial charge >= 0.3 is 0 Å². The van der Waals surface area contributed by atoms with Crippen LogP contribution < -0.4 is 10.3 Å². The average molecular weight is 297 g/mol. The summed E-state index contributed by atoms with van der Waals surface area (Å²) in [6.07, 6.45) is 0.165. The lowest BCUT2D eigenvalue weighted by atomic mass is 10.4. The van der Waals surface area contributed by atoms with Crippen LogP contribution in [-0.2, 0) is 14.8 Å². The number of benzene rings is 1. The van der Waals surface area contributed by atoms with Crippen LogP contribution in [0.4, 0.5) is 0 Å². The maximum absolute atomic E-state index is 11.7. The summed E-state index contributed by atoms with van der Waals surface area (Å²) in [5, 5.41) is 0.388. The highest BCUT2D eigenvalue weighted by molar-refractivity contribution is 7.89. The maximum atomic E-state index is 11.7. The summed E-state index contributed by atoms with van der Waals surface area (Å²) >= 11 is 11.4. The Bertz CT molecular complexity index is 511. The number of hydrogen-bond donors (Lipinski definition) is 2. The minimum Gasteiger partial charge on any atom is -0.278 e. The molecule has 0 atom stereocenters. The summed E-state index contributed by atoms with van der Waals surface area (Å²) in [5.41, 5.74) is 2.05. The van der Waals surface area contributed by atoms with Crippen molar-refractivity contribution in [1.82, 2.24) is 10.3 Å². The zero-order valence-electron chi connectivity index (χ0n) is 8.83. The largest absolute Gasteiger partial charge is 0.278 e. The van der Waals surface area contributed by atoms with Crippen molar-refractivity contribution < 1.29 is 13.2 Å². The summed E-state index contributed by atoms with van der Waals surface area (Å²) in [4.78, 5) is 12.8. The van der Waals surface area contributed by atoms with E-state index in [4.69, 9.17) is 23.2 Å². The van der Waals surface area contributed by atoms with Crippen molar-refractivity contribution in [3.8, 4) is 0 Å². The van der Waals surface area contributed by atoms with Crippen LogP contribution in [0.15, 0.2) is 23.1 Å². The highest BCUT2D eigenvalue weighted by Crippen LogP contribution is 2.21. The van der Waals surface area contributed by atoms with E-state index < -0.39 is 15.9 Å². The molecule has 5 nitrogen and oxygen atoms in total. The molecule has 17 heavy (non-hydrogen) atoms. The molecule has 1 aromatic rings. The Hall–Kier alpha value is -0.820. The topological polar surface area (TPSA) is 75.3 Å². The van der Waals surface area contributed by atoms with Gasteiger partial charge in [0.2, 0.25) is 5.91 Å². The lowest BCUT2D eigenvalue weighted by Crippen LogP contribution is -2.41. The van der Waals surface area contributed by atoms with Gasteiger partial charge < -0.3 is 0 Å². The number of halogens is 2. The first-order valence-electron chi connectivity index (χ1n) is 4.62. The lowest BCUT2D eigenvalue weighted by molar-refractivity contribution is -0.121. The van der Waals surface area contributed by atoms with Crippen LogP contribution in [0.2, 0.25) is 10.0 Å². The molecule has 0 fully saturated rings. The van der Waals surface area contributed by atoms with E-state index in [1.54, 1.807) is 6.92 Å². The first-order valence-corrected chi connectivity index (χ1v) is 6.86. The minimum atomic E-state index is -3.86. The average Bonchev–Trinajstić information content (AvgIpc) is 2.24. The molecule has 0 aliphatic heterocycles. The third-order valence-corrected chi connectivity index (χ3v) is 3.46. The van der Waals surface area contributed by atoms with E-state index in [2.05, 4.69) is 0 Å². The predicted octanol–water partition coefficient (Wildman–Crippen LogP) is 1.71. The number of carbonyl (C=O) groups excluding carboxylic acids is 1. The Kier molecular flexibility index (Phi) is 4.76. The Labute approximate surface area is 109 Å². The fourth-order valence-corrected chi connectivity index (χ4v) is 2.54. The van der Waals surface area contributed by atoms with Gasteiger partial charge in [-0.25, -0.2) is 8.42 Å². The molecule has 1 aromatic carbocycles. The molecular weight excluding hydrogens is 287 g/mol. The van der Waals surface area contributed by atoms with E-state index in [9.17, 15) is 13.2 Å².